The number of amides is 2. The average molecular weight is 457 g/mol. The van der Waals surface area contributed by atoms with Gasteiger partial charge in [-0.15, -0.1) is 0 Å². The van der Waals surface area contributed by atoms with Crippen molar-refractivity contribution in [2.45, 2.75) is 58.8 Å². The van der Waals surface area contributed by atoms with Gasteiger partial charge in [0, 0.05) is 11.3 Å². The molecule has 1 unspecified atom stereocenters. The third-order valence-corrected chi connectivity index (χ3v) is 4.35. The molecule has 0 aliphatic carbocycles. The van der Waals surface area contributed by atoms with Crippen LogP contribution in [0.15, 0.2) is 48.5 Å². The highest BCUT2D eigenvalue weighted by atomic mass is 16.6. The SMILES string of the molecule is COc1ccc(C(CC(=O)OC(C)C)NC(=O)c2ccc(NC(=O)OC(C)(C)C)cc2)cc1. The van der Waals surface area contributed by atoms with Crippen molar-refractivity contribution in [3.63, 3.8) is 0 Å². The van der Waals surface area contributed by atoms with Gasteiger partial charge in [-0.1, -0.05) is 12.1 Å². The van der Waals surface area contributed by atoms with E-state index in [1.54, 1.807) is 90.3 Å². The van der Waals surface area contributed by atoms with Gasteiger partial charge in [0.2, 0.25) is 0 Å². The maximum atomic E-state index is 12.9. The monoisotopic (exact) mass is 456 g/mol. The van der Waals surface area contributed by atoms with E-state index < -0.39 is 23.7 Å². The van der Waals surface area contributed by atoms with Gasteiger partial charge in [0.1, 0.15) is 11.4 Å². The molecule has 8 heteroatoms. The van der Waals surface area contributed by atoms with Crippen LogP contribution in [0, 0.1) is 0 Å². The van der Waals surface area contributed by atoms with Crippen molar-refractivity contribution < 1.29 is 28.6 Å². The van der Waals surface area contributed by atoms with Gasteiger partial charge in [0.15, 0.2) is 0 Å². The Morgan fingerprint density at radius 3 is 2.06 bits per heavy atom. The van der Waals surface area contributed by atoms with Crippen LogP contribution >= 0.6 is 0 Å². The zero-order valence-corrected chi connectivity index (χ0v) is 19.9. The van der Waals surface area contributed by atoms with Crippen molar-refractivity contribution in [3.05, 3.63) is 59.7 Å². The molecule has 0 saturated heterocycles. The highest BCUT2D eigenvalue weighted by Gasteiger charge is 2.21. The number of rotatable bonds is 8. The van der Waals surface area contributed by atoms with Crippen molar-refractivity contribution in [1.82, 2.24) is 5.32 Å². The average Bonchev–Trinajstić information content (AvgIpc) is 2.71. The molecule has 1 atom stereocenters. The number of esters is 1. The fraction of sp³-hybridized carbons (Fsp3) is 0.400. The zero-order valence-electron chi connectivity index (χ0n) is 19.9. The first-order chi connectivity index (χ1) is 15.5. The topological polar surface area (TPSA) is 103 Å². The van der Waals surface area contributed by atoms with E-state index in [0.29, 0.717) is 17.0 Å². The number of carbonyl (C=O) groups is 3. The largest absolute Gasteiger partial charge is 0.497 e. The molecule has 8 nitrogen and oxygen atoms in total. The molecule has 0 heterocycles. The Labute approximate surface area is 194 Å². The molecule has 0 saturated carbocycles. The normalized spacial score (nSPS) is 12.0. The summed E-state index contributed by atoms with van der Waals surface area (Å²) in [7, 11) is 1.57. The minimum absolute atomic E-state index is 0.0193. The number of ether oxygens (including phenoxy) is 3. The van der Waals surface area contributed by atoms with Crippen LogP contribution in [0.3, 0.4) is 0 Å². The Morgan fingerprint density at radius 1 is 0.939 bits per heavy atom. The predicted octanol–water partition coefficient (Wildman–Crippen LogP) is 4.86. The van der Waals surface area contributed by atoms with Crippen LogP contribution in [0.4, 0.5) is 10.5 Å². The standard InChI is InChI=1S/C25H32N2O6/c1-16(2)32-22(28)15-21(17-9-13-20(31-6)14-10-17)27-23(29)18-7-11-19(12-8-18)26-24(30)33-25(3,4)5/h7-14,16,21H,15H2,1-6H3,(H,26,30)(H,27,29). The van der Waals surface area contributed by atoms with Crippen LogP contribution in [0.5, 0.6) is 5.75 Å². The number of hydrogen-bond donors (Lipinski definition) is 2. The summed E-state index contributed by atoms with van der Waals surface area (Å²) in [4.78, 5) is 37.1. The number of methoxy groups -OCH3 is 1. The third kappa shape index (κ3) is 8.84. The smallest absolute Gasteiger partial charge is 0.412 e. The Bertz CT molecular complexity index is 946. The van der Waals surface area contributed by atoms with E-state index in [1.165, 1.54) is 0 Å². The lowest BCUT2D eigenvalue weighted by molar-refractivity contribution is -0.147. The van der Waals surface area contributed by atoms with Crippen LogP contribution in [0.25, 0.3) is 0 Å². The molecule has 2 amide bonds. The van der Waals surface area contributed by atoms with Gasteiger partial charge in [-0.3, -0.25) is 14.9 Å². The summed E-state index contributed by atoms with van der Waals surface area (Å²) in [6.07, 6.45) is -0.855. The molecule has 2 N–H and O–H groups in total. The van der Waals surface area contributed by atoms with Crippen LogP contribution in [-0.2, 0) is 14.3 Å². The Kier molecular flexibility index (Phi) is 8.85. The number of benzene rings is 2. The molecule has 178 valence electrons. The van der Waals surface area contributed by atoms with Crippen molar-refractivity contribution in [1.29, 1.82) is 0 Å². The summed E-state index contributed by atoms with van der Waals surface area (Å²) in [6.45, 7) is 8.86. The molecule has 33 heavy (non-hydrogen) atoms. The van der Waals surface area contributed by atoms with Gasteiger partial charge in [0.25, 0.3) is 5.91 Å². The molecule has 0 radical (unpaired) electrons. The van der Waals surface area contributed by atoms with E-state index in [0.717, 1.165) is 5.56 Å². The third-order valence-electron chi connectivity index (χ3n) is 4.35. The van der Waals surface area contributed by atoms with E-state index in [4.69, 9.17) is 14.2 Å². The van der Waals surface area contributed by atoms with Crippen LogP contribution in [0.2, 0.25) is 0 Å². The molecule has 0 aliphatic heterocycles. The highest BCUT2D eigenvalue weighted by Crippen LogP contribution is 2.22. The summed E-state index contributed by atoms with van der Waals surface area (Å²) < 4.78 is 15.7. The summed E-state index contributed by atoms with van der Waals surface area (Å²) >= 11 is 0. The lowest BCUT2D eigenvalue weighted by atomic mass is 10.0. The predicted molar refractivity (Wildman–Crippen MR) is 125 cm³/mol. The lowest BCUT2D eigenvalue weighted by Crippen LogP contribution is -2.31. The molecule has 0 fully saturated rings. The van der Waals surface area contributed by atoms with Crippen LogP contribution in [-0.4, -0.2) is 36.8 Å². The lowest BCUT2D eigenvalue weighted by Gasteiger charge is -2.20. The first-order valence-electron chi connectivity index (χ1n) is 10.7. The summed E-state index contributed by atoms with van der Waals surface area (Å²) in [5, 5.41) is 5.51. The van der Waals surface area contributed by atoms with Gasteiger partial charge in [0.05, 0.1) is 25.7 Å². The second-order valence-electron chi connectivity index (χ2n) is 8.75. The van der Waals surface area contributed by atoms with Gasteiger partial charge >= 0.3 is 12.1 Å². The zero-order chi connectivity index (χ0) is 24.6. The van der Waals surface area contributed by atoms with Crippen LogP contribution in [0.1, 0.15) is 63.0 Å². The fourth-order valence-electron chi connectivity index (χ4n) is 2.93. The number of nitrogens with one attached hydrogen (secondary N) is 2. The first-order valence-corrected chi connectivity index (χ1v) is 10.7. The molecular formula is C25H32N2O6. The minimum atomic E-state index is -0.614. The second-order valence-corrected chi connectivity index (χ2v) is 8.75. The number of hydrogen-bond acceptors (Lipinski definition) is 6. The summed E-state index contributed by atoms with van der Waals surface area (Å²) in [5.74, 6) is -0.110. The number of carbonyl (C=O) groups excluding carboxylic acids is 3. The van der Waals surface area contributed by atoms with Crippen molar-refractivity contribution in [2.75, 3.05) is 12.4 Å². The van der Waals surface area contributed by atoms with Crippen molar-refractivity contribution >= 4 is 23.7 Å². The molecule has 2 aromatic carbocycles. The summed E-state index contributed by atoms with van der Waals surface area (Å²) in [5.41, 5.74) is 0.999. The Hall–Kier alpha value is -3.55. The Morgan fingerprint density at radius 2 is 1.55 bits per heavy atom. The molecule has 2 aromatic rings. The van der Waals surface area contributed by atoms with Gasteiger partial charge in [-0.05, 0) is 76.6 Å². The van der Waals surface area contributed by atoms with E-state index >= 15 is 0 Å². The van der Waals surface area contributed by atoms with Crippen LogP contribution < -0.4 is 15.4 Å². The molecule has 0 spiro atoms. The molecule has 0 aliphatic rings. The van der Waals surface area contributed by atoms with E-state index in [9.17, 15) is 14.4 Å². The van der Waals surface area contributed by atoms with Gasteiger partial charge in [-0.2, -0.15) is 0 Å². The molecule has 0 aromatic heterocycles. The number of anilines is 1. The highest BCUT2D eigenvalue weighted by molar-refractivity contribution is 5.95. The van der Waals surface area contributed by atoms with Crippen molar-refractivity contribution in [3.8, 4) is 5.75 Å². The molecule has 2 rings (SSSR count). The quantitative estimate of drug-likeness (QED) is 0.550. The summed E-state index contributed by atoms with van der Waals surface area (Å²) in [6, 6.07) is 12.9. The molecule has 0 bridgehead atoms. The van der Waals surface area contributed by atoms with Gasteiger partial charge in [-0.25, -0.2) is 4.79 Å². The van der Waals surface area contributed by atoms with E-state index in [2.05, 4.69) is 10.6 Å². The first kappa shape index (κ1) is 25.7. The maximum Gasteiger partial charge on any atom is 0.412 e. The molecular weight excluding hydrogens is 424 g/mol. The fourth-order valence-corrected chi connectivity index (χ4v) is 2.93. The van der Waals surface area contributed by atoms with Gasteiger partial charge < -0.3 is 19.5 Å². The Balaban J connectivity index is 2.12. The van der Waals surface area contributed by atoms with Crippen molar-refractivity contribution in [2.24, 2.45) is 0 Å². The van der Waals surface area contributed by atoms with E-state index in [1.807, 2.05) is 0 Å². The van der Waals surface area contributed by atoms with E-state index in [-0.39, 0.29) is 18.4 Å². The second kappa shape index (κ2) is 11.4. The maximum absolute atomic E-state index is 12.9. The minimum Gasteiger partial charge on any atom is -0.497 e.